The average Bonchev–Trinajstić information content (AvgIpc) is 3.78. The number of carbonyl (C=O) groups excluding carboxylic acids is 2. The third kappa shape index (κ3) is 5.28. The molecule has 6 atom stereocenters. The third-order valence-corrected chi connectivity index (χ3v) is 15.4. The fourth-order valence-corrected chi connectivity index (χ4v) is 12.9. The van der Waals surface area contributed by atoms with E-state index in [4.69, 9.17) is 9.47 Å². The Kier molecular flexibility index (Phi) is 8.94. The van der Waals surface area contributed by atoms with Gasteiger partial charge in [0.2, 0.25) is 0 Å². The lowest BCUT2D eigenvalue weighted by Crippen LogP contribution is -2.53. The molecule has 2 saturated carbocycles. The Labute approximate surface area is 293 Å². The van der Waals surface area contributed by atoms with Crippen molar-refractivity contribution < 1.29 is 24.2 Å². The molecule has 9 heteroatoms. The smallest absolute Gasteiger partial charge is 0.340 e. The number of dihydropyridines is 1. The van der Waals surface area contributed by atoms with Crippen molar-refractivity contribution in [3.05, 3.63) is 69.5 Å². The first kappa shape index (κ1) is 32.8. The monoisotopic (exact) mass is 690 g/mol. The molecule has 4 heterocycles. The number of nitrogens with one attached hydrogen (secondary N) is 2. The zero-order chi connectivity index (χ0) is 33.0. The van der Waals surface area contributed by atoms with Gasteiger partial charge < -0.3 is 25.2 Å². The van der Waals surface area contributed by atoms with Crippen LogP contribution >= 0.6 is 21.6 Å². The number of aliphatic hydroxyl groups excluding tert-OH is 1. The molecule has 5 aliphatic carbocycles. The van der Waals surface area contributed by atoms with Crippen molar-refractivity contribution in [1.82, 2.24) is 10.6 Å². The quantitative estimate of drug-likeness (QED) is 0.199. The summed E-state index contributed by atoms with van der Waals surface area (Å²) in [4.78, 5) is 28.6. The Morgan fingerprint density at radius 1 is 1.06 bits per heavy atom. The molecule has 258 valence electrons. The minimum absolute atomic E-state index is 0.00516. The van der Waals surface area contributed by atoms with Crippen LogP contribution in [0.15, 0.2) is 69.5 Å². The zero-order valence-electron chi connectivity index (χ0n) is 28.4. The van der Waals surface area contributed by atoms with Crippen molar-refractivity contribution in [2.75, 3.05) is 24.8 Å². The minimum Gasteiger partial charge on any atom is -0.427 e. The summed E-state index contributed by atoms with van der Waals surface area (Å²) in [5, 5.41) is 17.1. The summed E-state index contributed by atoms with van der Waals surface area (Å²) in [6.07, 6.45) is 20.7. The van der Waals surface area contributed by atoms with E-state index < -0.39 is 5.41 Å². The Hall–Kier alpha value is -2.36. The molecule has 0 aromatic heterocycles. The number of hydrogen-bond donors (Lipinski definition) is 3. The lowest BCUT2D eigenvalue weighted by molar-refractivity contribution is -0.135. The molecular weight excluding hydrogens is 641 g/mol. The van der Waals surface area contributed by atoms with Crippen LogP contribution in [-0.4, -0.2) is 41.8 Å². The molecule has 0 aromatic rings. The first-order valence-electron chi connectivity index (χ1n) is 18.5. The highest BCUT2D eigenvalue weighted by Crippen LogP contribution is 2.71. The van der Waals surface area contributed by atoms with Gasteiger partial charge in [0.05, 0.1) is 22.7 Å². The summed E-state index contributed by atoms with van der Waals surface area (Å²) >= 11 is 0. The summed E-state index contributed by atoms with van der Waals surface area (Å²) in [6, 6.07) is 0. The molecule has 7 bridgehead atoms. The van der Waals surface area contributed by atoms with Gasteiger partial charge in [-0.25, -0.2) is 9.59 Å². The van der Waals surface area contributed by atoms with Crippen LogP contribution in [0.2, 0.25) is 0 Å². The van der Waals surface area contributed by atoms with Gasteiger partial charge in [0.15, 0.2) is 0 Å². The average molecular weight is 691 g/mol. The molecule has 4 aliphatic heterocycles. The number of carbonyl (C=O) groups is 2. The van der Waals surface area contributed by atoms with E-state index >= 15 is 0 Å². The van der Waals surface area contributed by atoms with E-state index in [1.54, 1.807) is 0 Å². The number of fused-ring (bicyclic) bond motifs is 2. The van der Waals surface area contributed by atoms with E-state index in [-0.39, 0.29) is 47.6 Å². The van der Waals surface area contributed by atoms with Gasteiger partial charge in [-0.05, 0) is 117 Å². The van der Waals surface area contributed by atoms with E-state index in [2.05, 4.69) is 48.8 Å². The second-order valence-corrected chi connectivity index (χ2v) is 17.9. The fraction of sp³-hybridized carbons (Fsp3) is 0.641. The SMILES string of the molecule is CCC1(C=C2OC(=O)C3=C2CCC2C4CCC5(C6=CCC(C)CSSCNC7=CC(=CCN7)C(CCCO)C4=C5C(=O)O6)C32)CCCC1. The molecular formula is C39H50N2O5S2. The zero-order valence-corrected chi connectivity index (χ0v) is 30.0. The lowest BCUT2D eigenvalue weighted by atomic mass is 9.43. The van der Waals surface area contributed by atoms with Crippen molar-refractivity contribution in [1.29, 1.82) is 0 Å². The molecule has 0 amide bonds. The van der Waals surface area contributed by atoms with Crippen LogP contribution in [0.4, 0.5) is 0 Å². The Morgan fingerprint density at radius 2 is 1.92 bits per heavy atom. The van der Waals surface area contributed by atoms with Crippen molar-refractivity contribution in [3.63, 3.8) is 0 Å². The molecule has 0 radical (unpaired) electrons. The van der Waals surface area contributed by atoms with Crippen molar-refractivity contribution in [2.24, 2.45) is 40.4 Å². The summed E-state index contributed by atoms with van der Waals surface area (Å²) in [7, 11) is 3.70. The van der Waals surface area contributed by atoms with Gasteiger partial charge in [-0.15, -0.1) is 0 Å². The number of hydrogen-bond acceptors (Lipinski definition) is 9. The van der Waals surface area contributed by atoms with Crippen LogP contribution in [0.25, 0.3) is 0 Å². The van der Waals surface area contributed by atoms with E-state index in [0.29, 0.717) is 12.3 Å². The number of allylic oxidation sites excluding steroid dienone is 7. The van der Waals surface area contributed by atoms with E-state index in [9.17, 15) is 14.7 Å². The second kappa shape index (κ2) is 13.1. The maximum absolute atomic E-state index is 14.4. The van der Waals surface area contributed by atoms with Crippen LogP contribution in [0.1, 0.15) is 90.9 Å². The normalized spacial score (nSPS) is 36.4. The minimum atomic E-state index is -0.661. The lowest BCUT2D eigenvalue weighted by Gasteiger charge is -2.57. The Bertz CT molecular complexity index is 1560. The highest BCUT2D eigenvalue weighted by atomic mass is 33.1. The number of ether oxygens (including phenoxy) is 2. The first-order chi connectivity index (χ1) is 23.4. The number of cyclic esters (lactones) is 1. The van der Waals surface area contributed by atoms with Crippen molar-refractivity contribution in [3.8, 4) is 0 Å². The van der Waals surface area contributed by atoms with Gasteiger partial charge in [-0.1, -0.05) is 54.4 Å². The van der Waals surface area contributed by atoms with Crippen LogP contribution in [-0.2, 0) is 19.1 Å². The predicted octanol–water partition coefficient (Wildman–Crippen LogP) is 7.60. The van der Waals surface area contributed by atoms with Gasteiger partial charge in [0.1, 0.15) is 11.5 Å². The molecule has 3 N–H and O–H groups in total. The van der Waals surface area contributed by atoms with Gasteiger partial charge in [0.25, 0.3) is 0 Å². The Balaban J connectivity index is 1.32. The van der Waals surface area contributed by atoms with Gasteiger partial charge in [0, 0.05) is 41.9 Å². The molecule has 6 unspecified atom stereocenters. The largest absolute Gasteiger partial charge is 0.427 e. The molecule has 9 rings (SSSR count). The first-order valence-corrected chi connectivity index (χ1v) is 21.0. The standard InChI is InChI=1S/C39H50N2O5S2/c1-3-38(14-4-5-15-38)20-29-28-10-9-27-26-12-16-39(34(27)33(28)36(43)45-29)30-11-8-23(2)21-47-48-22-41-31-19-24(13-17-40-31)25(7-6-18-42)32(26)35(39)37(44)46-30/h11,13,19-20,23,25-27,34,40-42H,3-10,12,14-18,21-22H2,1-2H3. The fourth-order valence-electron chi connectivity index (χ4n) is 10.7. The molecule has 48 heavy (non-hydrogen) atoms. The molecule has 9 aliphatic rings. The number of aliphatic hydroxyl groups is 1. The Morgan fingerprint density at radius 3 is 2.73 bits per heavy atom. The van der Waals surface area contributed by atoms with Gasteiger partial charge >= 0.3 is 11.9 Å². The van der Waals surface area contributed by atoms with Crippen LogP contribution in [0.3, 0.4) is 0 Å². The van der Waals surface area contributed by atoms with Crippen LogP contribution in [0, 0.1) is 40.4 Å². The summed E-state index contributed by atoms with van der Waals surface area (Å²) < 4.78 is 12.7. The van der Waals surface area contributed by atoms with Crippen LogP contribution < -0.4 is 10.6 Å². The topological polar surface area (TPSA) is 96.9 Å². The van der Waals surface area contributed by atoms with Gasteiger partial charge in [-0.2, -0.15) is 0 Å². The van der Waals surface area contributed by atoms with Crippen molar-refractivity contribution in [2.45, 2.75) is 90.9 Å². The van der Waals surface area contributed by atoms with E-state index in [1.165, 1.54) is 24.0 Å². The third-order valence-electron chi connectivity index (χ3n) is 13.0. The van der Waals surface area contributed by atoms with Crippen molar-refractivity contribution >= 4 is 33.5 Å². The summed E-state index contributed by atoms with van der Waals surface area (Å²) in [5.41, 5.74) is 4.63. The van der Waals surface area contributed by atoms with E-state index in [1.807, 2.05) is 21.6 Å². The van der Waals surface area contributed by atoms with Crippen LogP contribution in [0.5, 0.6) is 0 Å². The highest BCUT2D eigenvalue weighted by Gasteiger charge is 2.68. The molecule has 0 aromatic carbocycles. The highest BCUT2D eigenvalue weighted by molar-refractivity contribution is 8.76. The maximum Gasteiger partial charge on any atom is 0.340 e. The molecule has 7 nitrogen and oxygen atoms in total. The second-order valence-electron chi connectivity index (χ2n) is 15.4. The predicted molar refractivity (Wildman–Crippen MR) is 191 cm³/mol. The molecule has 3 fully saturated rings. The maximum atomic E-state index is 14.4. The number of rotatable bonds is 5. The molecule has 1 saturated heterocycles. The summed E-state index contributed by atoms with van der Waals surface area (Å²) in [5.74, 6) is 4.68. The van der Waals surface area contributed by atoms with E-state index in [0.717, 1.165) is 110 Å². The summed E-state index contributed by atoms with van der Waals surface area (Å²) in [6.45, 7) is 5.36. The molecule has 1 spiro atoms. The van der Waals surface area contributed by atoms with Gasteiger partial charge in [-0.3, -0.25) is 0 Å². The number of esters is 2.